The number of amides is 2. The Labute approximate surface area is 179 Å². The summed E-state index contributed by atoms with van der Waals surface area (Å²) in [7, 11) is 2.01. The summed E-state index contributed by atoms with van der Waals surface area (Å²) >= 11 is 0. The molecule has 0 spiro atoms. The van der Waals surface area contributed by atoms with Gasteiger partial charge in [-0.25, -0.2) is 9.59 Å². The lowest BCUT2D eigenvalue weighted by Gasteiger charge is -2.32. The van der Waals surface area contributed by atoms with Gasteiger partial charge in [0.05, 0.1) is 18.2 Å². The van der Waals surface area contributed by atoms with Gasteiger partial charge in [0.1, 0.15) is 0 Å². The van der Waals surface area contributed by atoms with Crippen LogP contribution >= 0.6 is 0 Å². The van der Waals surface area contributed by atoms with Crippen molar-refractivity contribution in [1.29, 1.82) is 0 Å². The van der Waals surface area contributed by atoms with Crippen molar-refractivity contribution in [2.75, 3.05) is 38.2 Å². The van der Waals surface area contributed by atoms with E-state index in [4.69, 9.17) is 4.74 Å². The molecule has 0 bridgehead atoms. The van der Waals surface area contributed by atoms with Crippen LogP contribution in [-0.4, -0.2) is 56.2 Å². The Morgan fingerprint density at radius 1 is 1.17 bits per heavy atom. The number of esters is 1. The molecule has 164 valence electrons. The molecule has 1 atom stereocenters. The molecule has 7 nitrogen and oxygen atoms in total. The molecule has 3 rings (SSSR count). The van der Waals surface area contributed by atoms with Crippen molar-refractivity contribution in [3.05, 3.63) is 41.1 Å². The van der Waals surface area contributed by atoms with Crippen LogP contribution in [0.25, 0.3) is 0 Å². The number of carbonyl (C=O) groups is 2. The Morgan fingerprint density at radius 2 is 1.90 bits per heavy atom. The van der Waals surface area contributed by atoms with Gasteiger partial charge in [-0.1, -0.05) is 25.1 Å². The summed E-state index contributed by atoms with van der Waals surface area (Å²) in [5, 5.41) is 5.67. The normalized spacial score (nSPS) is 19.5. The number of rotatable bonds is 8. The lowest BCUT2D eigenvalue weighted by atomic mass is 10.00. The van der Waals surface area contributed by atoms with Crippen LogP contribution in [0.5, 0.6) is 0 Å². The Balaban J connectivity index is 1.79. The predicted octanol–water partition coefficient (Wildman–Crippen LogP) is 3.02. The number of nitrogens with one attached hydrogen (secondary N) is 2. The first kappa shape index (κ1) is 22.2. The maximum atomic E-state index is 12.6. The van der Waals surface area contributed by atoms with E-state index in [0.29, 0.717) is 30.8 Å². The van der Waals surface area contributed by atoms with Crippen LogP contribution < -0.4 is 15.5 Å². The van der Waals surface area contributed by atoms with Crippen LogP contribution in [0.4, 0.5) is 10.5 Å². The number of anilines is 1. The molecular weight excluding hydrogens is 380 g/mol. The number of hydrogen-bond acceptors (Lipinski definition) is 5. The highest BCUT2D eigenvalue weighted by atomic mass is 16.5. The topological polar surface area (TPSA) is 73.9 Å². The van der Waals surface area contributed by atoms with Crippen molar-refractivity contribution in [1.82, 2.24) is 15.5 Å². The highest BCUT2D eigenvalue weighted by Crippen LogP contribution is 2.25. The van der Waals surface area contributed by atoms with Crippen molar-refractivity contribution in [3.63, 3.8) is 0 Å². The maximum absolute atomic E-state index is 12.6. The molecule has 1 fully saturated rings. The number of ether oxygens (including phenoxy) is 1. The van der Waals surface area contributed by atoms with Crippen LogP contribution in [0.1, 0.15) is 45.1 Å². The molecule has 0 aromatic heterocycles. The minimum absolute atomic E-state index is 0.271. The molecule has 1 aromatic rings. The fourth-order valence-electron chi connectivity index (χ4n) is 4.29. The number of urea groups is 1. The lowest BCUT2D eigenvalue weighted by Crippen LogP contribution is -2.51. The van der Waals surface area contributed by atoms with Crippen molar-refractivity contribution >= 4 is 17.7 Å². The van der Waals surface area contributed by atoms with Gasteiger partial charge in [0, 0.05) is 37.6 Å². The van der Waals surface area contributed by atoms with Crippen molar-refractivity contribution in [2.45, 2.75) is 52.1 Å². The van der Waals surface area contributed by atoms with Gasteiger partial charge in [-0.05, 0) is 51.3 Å². The van der Waals surface area contributed by atoms with Crippen molar-refractivity contribution < 1.29 is 14.3 Å². The second kappa shape index (κ2) is 10.5. The zero-order valence-electron chi connectivity index (χ0n) is 18.4. The average molecular weight is 415 g/mol. The number of carbonyl (C=O) groups excluding carboxylic acids is 2. The molecular formula is C23H34N4O3. The molecule has 2 amide bonds. The first-order chi connectivity index (χ1) is 14.5. The fraction of sp³-hybridized carbons (Fsp3) is 0.565. The number of nitrogens with zero attached hydrogens (tertiary/aromatic N) is 2. The smallest absolute Gasteiger partial charge is 0.337 e. The largest absolute Gasteiger partial charge is 0.463 e. The quantitative estimate of drug-likeness (QED) is 0.640. The van der Waals surface area contributed by atoms with E-state index < -0.39 is 0 Å². The van der Waals surface area contributed by atoms with Crippen LogP contribution in [0.2, 0.25) is 0 Å². The van der Waals surface area contributed by atoms with Gasteiger partial charge in [0.25, 0.3) is 0 Å². The number of hydrogen-bond donors (Lipinski definition) is 2. The van der Waals surface area contributed by atoms with E-state index in [1.165, 1.54) is 30.5 Å². The summed E-state index contributed by atoms with van der Waals surface area (Å²) in [6.07, 6.45) is 4.40. The summed E-state index contributed by atoms with van der Waals surface area (Å²) in [5.74, 6) is -0.367. The number of likely N-dealkylation sites (N-methyl/N-ethyl adjacent to an activating group) is 1. The van der Waals surface area contributed by atoms with Crippen molar-refractivity contribution in [2.24, 2.45) is 0 Å². The Bertz CT molecular complexity index is 786. The molecule has 7 heteroatoms. The molecule has 30 heavy (non-hydrogen) atoms. The van der Waals surface area contributed by atoms with E-state index in [1.54, 1.807) is 6.92 Å². The summed E-state index contributed by atoms with van der Waals surface area (Å²) in [6, 6.07) is 7.91. The van der Waals surface area contributed by atoms with Crippen LogP contribution in [0.3, 0.4) is 0 Å². The molecule has 0 saturated carbocycles. The molecule has 1 aromatic carbocycles. The molecule has 2 N–H and O–H groups in total. The molecule has 2 heterocycles. The lowest BCUT2D eigenvalue weighted by molar-refractivity contribution is -0.139. The molecule has 2 aliphatic rings. The van der Waals surface area contributed by atoms with E-state index in [2.05, 4.69) is 44.7 Å². The summed E-state index contributed by atoms with van der Waals surface area (Å²) in [4.78, 5) is 29.3. The minimum atomic E-state index is -0.367. The third-order valence-corrected chi connectivity index (χ3v) is 5.70. The average Bonchev–Trinajstić information content (AvgIpc) is 2.74. The third kappa shape index (κ3) is 5.33. The van der Waals surface area contributed by atoms with Crippen LogP contribution in [0.15, 0.2) is 35.5 Å². The molecule has 0 aliphatic carbocycles. The number of benzene rings is 1. The van der Waals surface area contributed by atoms with Crippen LogP contribution in [0, 0.1) is 0 Å². The van der Waals surface area contributed by atoms with E-state index in [0.717, 1.165) is 19.6 Å². The Hall–Kier alpha value is -2.54. The second-order valence-corrected chi connectivity index (χ2v) is 8.02. The van der Waals surface area contributed by atoms with E-state index in [-0.39, 0.29) is 18.0 Å². The van der Waals surface area contributed by atoms with Gasteiger partial charge in [-0.2, -0.15) is 0 Å². The standard InChI is InChI=1S/C23H34N4O3/c1-4-18-21(22(28)30-5-2)19(25-23(29)24-18)16-26(3)15-17-11-7-8-12-20(17)27-13-9-6-10-14-27/h7-8,11-12,18H,4-6,9-10,13-16H2,1-3H3,(H2,24,25,29)/t18-/m0/s1. The molecule has 1 saturated heterocycles. The first-order valence-corrected chi connectivity index (χ1v) is 11.0. The summed E-state index contributed by atoms with van der Waals surface area (Å²) in [6.45, 7) is 7.43. The SMILES string of the molecule is CCOC(=O)C1=C(CN(C)Cc2ccccc2N2CCCCC2)NC(=O)N[C@H]1CC. The summed E-state index contributed by atoms with van der Waals surface area (Å²) < 4.78 is 5.26. The van der Waals surface area contributed by atoms with Crippen LogP contribution in [-0.2, 0) is 16.1 Å². The fourth-order valence-corrected chi connectivity index (χ4v) is 4.29. The zero-order valence-corrected chi connectivity index (χ0v) is 18.4. The van der Waals surface area contributed by atoms with E-state index >= 15 is 0 Å². The minimum Gasteiger partial charge on any atom is -0.463 e. The van der Waals surface area contributed by atoms with Gasteiger partial charge in [0.15, 0.2) is 0 Å². The maximum Gasteiger partial charge on any atom is 0.337 e. The number of para-hydroxylation sites is 1. The highest BCUT2D eigenvalue weighted by Gasteiger charge is 2.31. The van der Waals surface area contributed by atoms with E-state index in [9.17, 15) is 9.59 Å². The third-order valence-electron chi connectivity index (χ3n) is 5.70. The van der Waals surface area contributed by atoms with Gasteiger partial charge in [-0.15, -0.1) is 0 Å². The Morgan fingerprint density at radius 3 is 2.60 bits per heavy atom. The first-order valence-electron chi connectivity index (χ1n) is 11.0. The molecule has 0 radical (unpaired) electrons. The monoisotopic (exact) mass is 414 g/mol. The van der Waals surface area contributed by atoms with Gasteiger partial charge in [0.2, 0.25) is 0 Å². The Kier molecular flexibility index (Phi) is 7.74. The van der Waals surface area contributed by atoms with E-state index in [1.807, 2.05) is 14.0 Å². The summed E-state index contributed by atoms with van der Waals surface area (Å²) in [5.41, 5.74) is 3.69. The van der Waals surface area contributed by atoms with Gasteiger partial charge < -0.3 is 20.3 Å². The molecule has 0 unspecified atom stereocenters. The predicted molar refractivity (Wildman–Crippen MR) is 118 cm³/mol. The van der Waals surface area contributed by atoms with Gasteiger partial charge in [-0.3, -0.25) is 4.90 Å². The highest BCUT2D eigenvalue weighted by molar-refractivity contribution is 5.94. The molecule has 2 aliphatic heterocycles. The zero-order chi connectivity index (χ0) is 21.5. The van der Waals surface area contributed by atoms with Crippen molar-refractivity contribution in [3.8, 4) is 0 Å². The second-order valence-electron chi connectivity index (χ2n) is 8.02. The van der Waals surface area contributed by atoms with Gasteiger partial charge >= 0.3 is 12.0 Å². The number of piperidine rings is 1.